The molecule has 0 saturated carbocycles. The van der Waals surface area contributed by atoms with Gasteiger partial charge in [0.05, 0.1) is 16.4 Å². The van der Waals surface area contributed by atoms with Crippen LogP contribution in [0.1, 0.15) is 16.4 Å². The fraction of sp³-hybridized carbons (Fsp3) is 0.200. The highest BCUT2D eigenvalue weighted by molar-refractivity contribution is 7.09. The molecule has 0 saturated heterocycles. The van der Waals surface area contributed by atoms with Crippen LogP contribution in [0, 0.1) is 6.92 Å². The number of nitrogens with two attached hydrogens (primary N) is 1. The Hall–Kier alpha value is -1.42. The van der Waals surface area contributed by atoms with E-state index in [1.54, 1.807) is 11.3 Å². The van der Waals surface area contributed by atoms with Crippen LogP contribution in [0.5, 0.6) is 0 Å². The third-order valence-corrected chi connectivity index (χ3v) is 2.78. The van der Waals surface area contributed by atoms with Crippen molar-refractivity contribution in [1.29, 1.82) is 0 Å². The maximum Gasteiger partial charge on any atom is 0.0984 e. The average Bonchev–Trinajstić information content (AvgIpc) is 2.64. The summed E-state index contributed by atoms with van der Waals surface area (Å²) >= 11 is 1.65. The fourth-order valence-electron chi connectivity index (χ4n) is 1.22. The summed E-state index contributed by atoms with van der Waals surface area (Å²) in [6.45, 7) is 1.92. The van der Waals surface area contributed by atoms with Crippen LogP contribution >= 0.6 is 11.3 Å². The van der Waals surface area contributed by atoms with Crippen molar-refractivity contribution < 1.29 is 0 Å². The topological polar surface area (TPSA) is 51.8 Å². The van der Waals surface area contributed by atoms with Gasteiger partial charge in [-0.25, -0.2) is 4.98 Å². The molecule has 0 fully saturated rings. The van der Waals surface area contributed by atoms with Crippen LogP contribution in [0.15, 0.2) is 23.7 Å². The second-order valence-electron chi connectivity index (χ2n) is 3.08. The van der Waals surface area contributed by atoms with Crippen molar-refractivity contribution in [3.05, 3.63) is 40.1 Å². The first-order valence-corrected chi connectivity index (χ1v) is 5.24. The Morgan fingerprint density at radius 3 is 2.93 bits per heavy atom. The van der Waals surface area contributed by atoms with E-state index in [4.69, 9.17) is 5.73 Å². The van der Waals surface area contributed by atoms with Gasteiger partial charge in [0.15, 0.2) is 0 Å². The molecule has 2 rings (SSSR count). The molecule has 0 aromatic carbocycles. The second-order valence-corrected chi connectivity index (χ2v) is 4.06. The summed E-state index contributed by atoms with van der Waals surface area (Å²) in [5.41, 5.74) is 8.34. The first-order chi connectivity index (χ1) is 6.75. The van der Waals surface area contributed by atoms with Crippen molar-refractivity contribution in [2.45, 2.75) is 13.3 Å². The van der Waals surface area contributed by atoms with Gasteiger partial charge in [-0.2, -0.15) is 0 Å². The molecule has 0 amide bonds. The summed E-state index contributed by atoms with van der Waals surface area (Å²) in [6, 6.07) is 3.84. The Kier molecular flexibility index (Phi) is 2.45. The molecular weight excluding hydrogens is 194 g/mol. The molecule has 0 atom stereocenters. The second kappa shape index (κ2) is 3.75. The molecule has 2 aromatic heterocycles. The standard InChI is InChI=1S/C10H11N3S/c1-7-9(11)3-2-8(13-7)6-10-12-4-5-14-10/h2-5H,6,11H2,1H3. The molecule has 0 unspecified atom stereocenters. The molecule has 72 valence electrons. The molecule has 4 heteroatoms. The number of anilines is 1. The molecule has 2 aromatic rings. The van der Waals surface area contributed by atoms with Crippen LogP contribution in [-0.4, -0.2) is 9.97 Å². The molecule has 0 spiro atoms. The van der Waals surface area contributed by atoms with Gasteiger partial charge in [-0.3, -0.25) is 4.98 Å². The minimum absolute atomic E-state index is 0.743. The summed E-state index contributed by atoms with van der Waals surface area (Å²) in [4.78, 5) is 8.60. The molecule has 3 nitrogen and oxygen atoms in total. The number of hydrogen-bond acceptors (Lipinski definition) is 4. The third kappa shape index (κ3) is 1.90. The zero-order valence-electron chi connectivity index (χ0n) is 7.90. The molecule has 0 aliphatic rings. The number of hydrogen-bond donors (Lipinski definition) is 1. The molecule has 2 heterocycles. The zero-order valence-corrected chi connectivity index (χ0v) is 8.71. The van der Waals surface area contributed by atoms with Crippen molar-refractivity contribution in [2.24, 2.45) is 0 Å². The first-order valence-electron chi connectivity index (χ1n) is 4.36. The Labute approximate surface area is 86.6 Å². The Morgan fingerprint density at radius 1 is 1.43 bits per heavy atom. The predicted octanol–water partition coefficient (Wildman–Crippen LogP) is 2.02. The third-order valence-electron chi connectivity index (χ3n) is 2.00. The summed E-state index contributed by atoms with van der Waals surface area (Å²) in [5.74, 6) is 0. The van der Waals surface area contributed by atoms with Crippen LogP contribution in [0.25, 0.3) is 0 Å². The molecule has 0 aliphatic heterocycles. The number of rotatable bonds is 2. The van der Waals surface area contributed by atoms with Gasteiger partial charge in [0, 0.05) is 23.7 Å². The number of nitrogens with zero attached hydrogens (tertiary/aromatic N) is 2. The van der Waals surface area contributed by atoms with Gasteiger partial charge < -0.3 is 5.73 Å². The lowest BCUT2D eigenvalue weighted by Crippen LogP contribution is -1.97. The van der Waals surface area contributed by atoms with Crippen molar-refractivity contribution in [1.82, 2.24) is 9.97 Å². The van der Waals surface area contributed by atoms with Gasteiger partial charge in [0.1, 0.15) is 0 Å². The molecule has 0 aliphatic carbocycles. The number of nitrogen functional groups attached to an aromatic ring is 1. The maximum atomic E-state index is 5.69. The van der Waals surface area contributed by atoms with Crippen molar-refractivity contribution in [3.63, 3.8) is 0 Å². The summed E-state index contributed by atoms with van der Waals surface area (Å²) in [7, 11) is 0. The largest absolute Gasteiger partial charge is 0.397 e. The Balaban J connectivity index is 2.22. The zero-order chi connectivity index (χ0) is 9.97. The number of pyridine rings is 1. The monoisotopic (exact) mass is 205 g/mol. The van der Waals surface area contributed by atoms with Gasteiger partial charge in [0.25, 0.3) is 0 Å². The molecular formula is C10H11N3S. The molecule has 2 N–H and O–H groups in total. The normalized spacial score (nSPS) is 10.4. The van der Waals surface area contributed by atoms with Gasteiger partial charge in [-0.1, -0.05) is 0 Å². The van der Waals surface area contributed by atoms with E-state index in [9.17, 15) is 0 Å². The fourth-order valence-corrected chi connectivity index (χ4v) is 1.85. The summed E-state index contributed by atoms with van der Waals surface area (Å²) in [6.07, 6.45) is 2.60. The summed E-state index contributed by atoms with van der Waals surface area (Å²) in [5, 5.41) is 3.06. The lowest BCUT2D eigenvalue weighted by molar-refractivity contribution is 1.02. The molecule has 0 radical (unpaired) electrons. The highest BCUT2D eigenvalue weighted by Crippen LogP contribution is 2.13. The number of thiazole rings is 1. The first kappa shape index (κ1) is 9.15. The van der Waals surface area contributed by atoms with E-state index in [2.05, 4.69) is 9.97 Å². The maximum absolute atomic E-state index is 5.69. The highest BCUT2D eigenvalue weighted by atomic mass is 32.1. The lowest BCUT2D eigenvalue weighted by atomic mass is 10.2. The number of aryl methyl sites for hydroxylation is 1. The van der Waals surface area contributed by atoms with Crippen molar-refractivity contribution in [3.8, 4) is 0 Å². The van der Waals surface area contributed by atoms with E-state index in [-0.39, 0.29) is 0 Å². The molecule has 14 heavy (non-hydrogen) atoms. The SMILES string of the molecule is Cc1nc(Cc2nccs2)ccc1N. The van der Waals surface area contributed by atoms with Crippen LogP contribution in [0.2, 0.25) is 0 Å². The van der Waals surface area contributed by atoms with Crippen LogP contribution in [0.3, 0.4) is 0 Å². The Bertz CT molecular complexity index is 423. The van der Waals surface area contributed by atoms with Crippen LogP contribution in [-0.2, 0) is 6.42 Å². The van der Waals surface area contributed by atoms with E-state index in [1.807, 2.05) is 30.6 Å². The highest BCUT2D eigenvalue weighted by Gasteiger charge is 2.01. The quantitative estimate of drug-likeness (QED) is 0.816. The Morgan fingerprint density at radius 2 is 2.29 bits per heavy atom. The molecule has 0 bridgehead atoms. The average molecular weight is 205 g/mol. The number of aromatic nitrogens is 2. The minimum atomic E-state index is 0.743. The van der Waals surface area contributed by atoms with E-state index in [0.717, 1.165) is 28.5 Å². The smallest absolute Gasteiger partial charge is 0.0984 e. The lowest BCUT2D eigenvalue weighted by Gasteiger charge is -2.01. The van der Waals surface area contributed by atoms with Crippen LogP contribution < -0.4 is 5.73 Å². The van der Waals surface area contributed by atoms with Gasteiger partial charge in [0.2, 0.25) is 0 Å². The van der Waals surface area contributed by atoms with E-state index in [0.29, 0.717) is 0 Å². The van der Waals surface area contributed by atoms with Crippen molar-refractivity contribution >= 4 is 17.0 Å². The predicted molar refractivity (Wildman–Crippen MR) is 58.3 cm³/mol. The van der Waals surface area contributed by atoms with Gasteiger partial charge in [-0.05, 0) is 19.1 Å². The summed E-state index contributed by atoms with van der Waals surface area (Å²) < 4.78 is 0. The van der Waals surface area contributed by atoms with E-state index < -0.39 is 0 Å². The van der Waals surface area contributed by atoms with Gasteiger partial charge in [-0.15, -0.1) is 11.3 Å². The minimum Gasteiger partial charge on any atom is -0.397 e. The van der Waals surface area contributed by atoms with Gasteiger partial charge >= 0.3 is 0 Å². The van der Waals surface area contributed by atoms with Crippen LogP contribution in [0.4, 0.5) is 5.69 Å². The van der Waals surface area contributed by atoms with E-state index in [1.165, 1.54) is 0 Å². The van der Waals surface area contributed by atoms with Crippen molar-refractivity contribution in [2.75, 3.05) is 5.73 Å². The van der Waals surface area contributed by atoms with E-state index >= 15 is 0 Å².